The third-order valence-corrected chi connectivity index (χ3v) is 12.0. The summed E-state index contributed by atoms with van der Waals surface area (Å²) in [5, 5.41) is 10.4. The number of piperidine rings is 1. The van der Waals surface area contributed by atoms with Crippen molar-refractivity contribution < 1.29 is 9.90 Å². The Morgan fingerprint density at radius 1 is 0.968 bits per heavy atom. The number of likely N-dealkylation sites (tertiary alicyclic amines) is 1. The van der Waals surface area contributed by atoms with Crippen LogP contribution in [-0.4, -0.2) is 37.1 Å². The molecule has 3 rings (SSSR count). The van der Waals surface area contributed by atoms with Crippen molar-refractivity contribution in [2.24, 2.45) is 0 Å². The molecule has 0 spiro atoms. The minimum absolute atomic E-state index is 0.617. The molecule has 1 heterocycles. The summed E-state index contributed by atoms with van der Waals surface area (Å²) >= 11 is 0. The summed E-state index contributed by atoms with van der Waals surface area (Å²) in [6.45, 7) is 9.18. The van der Waals surface area contributed by atoms with E-state index in [9.17, 15) is 9.90 Å². The van der Waals surface area contributed by atoms with Crippen molar-refractivity contribution in [3.8, 4) is 11.5 Å². The summed E-state index contributed by atoms with van der Waals surface area (Å²) in [7, 11) is -1.60. The minimum atomic E-state index is -1.60. The lowest BCUT2D eigenvalue weighted by atomic mass is 9.71. The van der Waals surface area contributed by atoms with Crippen LogP contribution in [0.25, 0.3) is 0 Å². The molecular formula is C27H35NO2Si. The van der Waals surface area contributed by atoms with Gasteiger partial charge in [-0.05, 0) is 61.3 Å². The highest BCUT2D eigenvalue weighted by atomic mass is 28.3. The summed E-state index contributed by atoms with van der Waals surface area (Å²) in [4.78, 5) is 15.0. The molecule has 1 aliphatic rings. The molecule has 0 amide bonds. The Morgan fingerprint density at radius 3 is 2.13 bits per heavy atom. The summed E-state index contributed by atoms with van der Waals surface area (Å²) < 4.78 is 0. The van der Waals surface area contributed by atoms with Gasteiger partial charge in [-0.1, -0.05) is 75.2 Å². The van der Waals surface area contributed by atoms with Gasteiger partial charge in [0.05, 0.1) is 5.41 Å². The molecule has 0 atom stereocenters. The van der Waals surface area contributed by atoms with E-state index in [1.54, 1.807) is 0 Å². The molecule has 4 heteroatoms. The molecule has 0 saturated carbocycles. The SMILES string of the molecule is CC[Si](C#Cc1ccccc1C1(C(=O)O)CCN(Cc2ccccc2)CC1)(CC)CC. The van der Waals surface area contributed by atoms with Gasteiger partial charge in [-0.2, -0.15) is 0 Å². The Kier molecular flexibility index (Phi) is 7.75. The third-order valence-electron chi connectivity index (χ3n) is 7.30. The van der Waals surface area contributed by atoms with Gasteiger partial charge in [0.2, 0.25) is 0 Å². The Hall–Kier alpha value is -2.35. The lowest BCUT2D eigenvalue weighted by Crippen LogP contribution is -2.47. The van der Waals surface area contributed by atoms with Crippen molar-refractivity contribution in [2.75, 3.05) is 13.1 Å². The van der Waals surface area contributed by atoms with Crippen molar-refractivity contribution in [3.05, 3.63) is 71.3 Å². The van der Waals surface area contributed by atoms with E-state index >= 15 is 0 Å². The van der Waals surface area contributed by atoms with Crippen LogP contribution in [0, 0.1) is 11.5 Å². The molecule has 0 aliphatic carbocycles. The number of benzene rings is 2. The second-order valence-electron chi connectivity index (χ2n) is 8.79. The van der Waals surface area contributed by atoms with Crippen molar-refractivity contribution in [3.63, 3.8) is 0 Å². The summed E-state index contributed by atoms with van der Waals surface area (Å²) in [6.07, 6.45) is 1.23. The van der Waals surface area contributed by atoms with Gasteiger partial charge in [0.25, 0.3) is 0 Å². The van der Waals surface area contributed by atoms with E-state index in [-0.39, 0.29) is 0 Å². The average molecular weight is 434 g/mol. The topological polar surface area (TPSA) is 40.5 Å². The van der Waals surface area contributed by atoms with Crippen LogP contribution in [-0.2, 0) is 16.8 Å². The fourth-order valence-corrected chi connectivity index (χ4v) is 7.19. The highest BCUT2D eigenvalue weighted by Gasteiger charge is 2.44. The zero-order valence-electron chi connectivity index (χ0n) is 19.2. The molecule has 2 aromatic rings. The Labute approximate surface area is 188 Å². The van der Waals surface area contributed by atoms with Crippen LogP contribution in [0.3, 0.4) is 0 Å². The normalized spacial score (nSPS) is 16.4. The second-order valence-corrected chi connectivity index (χ2v) is 13.7. The van der Waals surface area contributed by atoms with E-state index < -0.39 is 19.5 Å². The van der Waals surface area contributed by atoms with Gasteiger partial charge in [0.1, 0.15) is 8.07 Å². The average Bonchev–Trinajstić information content (AvgIpc) is 2.82. The zero-order valence-corrected chi connectivity index (χ0v) is 20.2. The van der Waals surface area contributed by atoms with Gasteiger partial charge in [-0.3, -0.25) is 9.69 Å². The maximum atomic E-state index is 12.6. The van der Waals surface area contributed by atoms with Crippen molar-refractivity contribution >= 4 is 14.0 Å². The molecule has 1 N–H and O–H groups in total. The van der Waals surface area contributed by atoms with E-state index in [0.29, 0.717) is 12.8 Å². The van der Waals surface area contributed by atoms with Crippen LogP contribution in [0.4, 0.5) is 0 Å². The van der Waals surface area contributed by atoms with Crippen molar-refractivity contribution in [1.29, 1.82) is 0 Å². The van der Waals surface area contributed by atoms with Crippen LogP contribution in [0.2, 0.25) is 18.1 Å². The second kappa shape index (κ2) is 10.3. The molecule has 3 nitrogen and oxygen atoms in total. The number of hydrogen-bond donors (Lipinski definition) is 1. The molecule has 1 aliphatic heterocycles. The van der Waals surface area contributed by atoms with E-state index in [1.165, 1.54) is 5.56 Å². The van der Waals surface area contributed by atoms with E-state index in [4.69, 9.17) is 0 Å². The van der Waals surface area contributed by atoms with Crippen LogP contribution in [0.5, 0.6) is 0 Å². The summed E-state index contributed by atoms with van der Waals surface area (Å²) in [5.74, 6) is 2.75. The number of nitrogens with zero attached hydrogens (tertiary/aromatic N) is 1. The van der Waals surface area contributed by atoms with Gasteiger partial charge in [-0.25, -0.2) is 0 Å². The van der Waals surface area contributed by atoms with Gasteiger partial charge < -0.3 is 5.11 Å². The maximum absolute atomic E-state index is 12.6. The van der Waals surface area contributed by atoms with Crippen LogP contribution >= 0.6 is 0 Å². The largest absolute Gasteiger partial charge is 0.481 e. The fraction of sp³-hybridized carbons (Fsp3) is 0.444. The van der Waals surface area contributed by atoms with Crippen LogP contribution < -0.4 is 0 Å². The van der Waals surface area contributed by atoms with Gasteiger partial charge in [0, 0.05) is 12.1 Å². The predicted octanol–water partition coefficient (Wildman–Crippen LogP) is 5.70. The van der Waals surface area contributed by atoms with E-state index in [2.05, 4.69) is 61.4 Å². The number of rotatable bonds is 7. The predicted molar refractivity (Wildman–Crippen MR) is 131 cm³/mol. The molecule has 31 heavy (non-hydrogen) atoms. The summed E-state index contributed by atoms with van der Waals surface area (Å²) in [5.41, 5.74) is 5.90. The summed E-state index contributed by atoms with van der Waals surface area (Å²) in [6, 6.07) is 21.8. The Bertz CT molecular complexity index is 924. The number of carbonyl (C=O) groups is 1. The first kappa shape index (κ1) is 23.3. The molecule has 164 valence electrons. The first-order valence-corrected chi connectivity index (χ1v) is 14.2. The molecule has 1 saturated heterocycles. The molecule has 0 bridgehead atoms. The lowest BCUT2D eigenvalue weighted by molar-refractivity contribution is -0.146. The quantitative estimate of drug-likeness (QED) is 0.449. The van der Waals surface area contributed by atoms with Crippen LogP contribution in [0.1, 0.15) is 50.3 Å². The van der Waals surface area contributed by atoms with Crippen molar-refractivity contribution in [2.45, 2.75) is 63.7 Å². The van der Waals surface area contributed by atoms with Crippen LogP contribution in [0.15, 0.2) is 54.6 Å². The molecular weight excluding hydrogens is 398 g/mol. The molecule has 0 unspecified atom stereocenters. The Balaban J connectivity index is 1.87. The number of aliphatic carboxylic acids is 1. The molecule has 1 fully saturated rings. The monoisotopic (exact) mass is 433 g/mol. The third kappa shape index (κ3) is 5.11. The van der Waals surface area contributed by atoms with Gasteiger partial charge in [0.15, 0.2) is 0 Å². The Morgan fingerprint density at radius 2 is 1.55 bits per heavy atom. The highest BCUT2D eigenvalue weighted by molar-refractivity contribution is 6.87. The minimum Gasteiger partial charge on any atom is -0.481 e. The van der Waals surface area contributed by atoms with E-state index in [1.807, 2.05) is 30.3 Å². The zero-order chi connectivity index (χ0) is 22.3. The molecule has 2 aromatic carbocycles. The highest BCUT2D eigenvalue weighted by Crippen LogP contribution is 2.38. The first-order chi connectivity index (χ1) is 15.0. The lowest BCUT2D eigenvalue weighted by Gasteiger charge is -2.39. The van der Waals surface area contributed by atoms with Gasteiger partial charge in [-0.15, -0.1) is 5.54 Å². The standard InChI is InChI=1S/C27H35NO2Si/c1-4-31(5-2,6-3)21-16-24-14-10-11-15-25(24)27(26(29)30)17-19-28(20-18-27)22-23-12-8-7-9-13-23/h7-15H,4-6,17-20,22H2,1-3H3,(H,29,30). The smallest absolute Gasteiger partial charge is 0.314 e. The van der Waals surface area contributed by atoms with Gasteiger partial charge >= 0.3 is 5.97 Å². The number of carboxylic acid groups (broad SMARTS) is 1. The molecule has 0 aromatic heterocycles. The van der Waals surface area contributed by atoms with Crippen molar-refractivity contribution in [1.82, 2.24) is 4.90 Å². The number of carboxylic acids is 1. The van der Waals surface area contributed by atoms with E-state index in [0.717, 1.165) is 48.9 Å². The molecule has 0 radical (unpaired) electrons. The number of hydrogen-bond acceptors (Lipinski definition) is 2. The first-order valence-electron chi connectivity index (χ1n) is 11.6. The maximum Gasteiger partial charge on any atom is 0.314 e. The fourth-order valence-electron chi connectivity index (χ4n) is 4.76.